The number of carbonyl (C=O) groups excluding carboxylic acids is 2. The van der Waals surface area contributed by atoms with Gasteiger partial charge in [0.15, 0.2) is 11.5 Å². The first-order valence-electron chi connectivity index (χ1n) is 15.8. The van der Waals surface area contributed by atoms with Crippen LogP contribution in [-0.4, -0.2) is 89.8 Å². The number of carbonyl (C=O) groups is 2. The summed E-state index contributed by atoms with van der Waals surface area (Å²) in [6.07, 6.45) is 1.72. The summed E-state index contributed by atoms with van der Waals surface area (Å²) in [6, 6.07) is 9.98. The lowest BCUT2D eigenvalue weighted by atomic mass is 9.63. The normalized spacial score (nSPS) is 25.5. The number of aromatic amines is 1. The molecular weight excluding hydrogens is 592 g/mol. The summed E-state index contributed by atoms with van der Waals surface area (Å²) in [6.45, 7) is 1.73. The van der Waals surface area contributed by atoms with Gasteiger partial charge >= 0.3 is 11.9 Å². The van der Waals surface area contributed by atoms with Crippen LogP contribution in [0.15, 0.2) is 30.3 Å². The number of ether oxygens (including phenoxy) is 7. The summed E-state index contributed by atoms with van der Waals surface area (Å²) < 4.78 is 39.2. The van der Waals surface area contributed by atoms with Crippen LogP contribution in [0.5, 0.6) is 23.0 Å². The molecule has 3 heterocycles. The van der Waals surface area contributed by atoms with Crippen molar-refractivity contribution in [1.29, 1.82) is 0 Å². The molecule has 46 heavy (non-hydrogen) atoms. The van der Waals surface area contributed by atoms with E-state index in [1.54, 1.807) is 35.5 Å². The van der Waals surface area contributed by atoms with Gasteiger partial charge in [0, 0.05) is 49.3 Å². The molecule has 2 fully saturated rings. The van der Waals surface area contributed by atoms with Crippen LogP contribution in [0, 0.1) is 17.8 Å². The molecule has 6 atom stereocenters. The second-order valence-electron chi connectivity index (χ2n) is 12.4. The van der Waals surface area contributed by atoms with Gasteiger partial charge in [-0.05, 0) is 72.9 Å². The second kappa shape index (κ2) is 13.4. The van der Waals surface area contributed by atoms with Gasteiger partial charge in [-0.3, -0.25) is 14.5 Å². The predicted molar refractivity (Wildman–Crippen MR) is 170 cm³/mol. The standard InChI is InChI=1S/C35H44N2O9/c1-40-21-8-9-22-23-11-12-37-18-20-15-29(46-30(38)10-7-19-13-27(41-2)33(43-4)28(14-19)42-3)34(44-5)31(35(39)45-6)24(20)17-26(37)32(23)36-25(22)16-21/h8-9,13-14,16,20,24,26,29,31,34,36H,7,10-12,15,17-18H2,1-6H3/t20-,24+,26-,29-,31+,34+/m1/s1. The molecule has 1 aliphatic carbocycles. The molecule has 0 radical (unpaired) electrons. The molecule has 1 saturated carbocycles. The van der Waals surface area contributed by atoms with Gasteiger partial charge < -0.3 is 38.1 Å². The zero-order chi connectivity index (χ0) is 32.5. The number of aryl methyl sites for hydroxylation is 1. The molecule has 2 aromatic carbocycles. The summed E-state index contributed by atoms with van der Waals surface area (Å²) in [5, 5.41) is 1.22. The van der Waals surface area contributed by atoms with Crippen molar-refractivity contribution in [2.75, 3.05) is 55.7 Å². The molecule has 11 nitrogen and oxygen atoms in total. The maximum absolute atomic E-state index is 13.4. The van der Waals surface area contributed by atoms with Crippen molar-refractivity contribution in [3.63, 3.8) is 0 Å². The highest BCUT2D eigenvalue weighted by molar-refractivity contribution is 5.86. The van der Waals surface area contributed by atoms with Crippen molar-refractivity contribution in [2.24, 2.45) is 17.8 Å². The molecular formula is C35H44N2O9. The molecule has 0 spiro atoms. The van der Waals surface area contributed by atoms with E-state index in [2.05, 4.69) is 16.0 Å². The molecule has 1 aromatic heterocycles. The van der Waals surface area contributed by atoms with Crippen molar-refractivity contribution in [3.05, 3.63) is 47.2 Å². The van der Waals surface area contributed by atoms with Crippen molar-refractivity contribution in [1.82, 2.24) is 9.88 Å². The Morgan fingerprint density at radius 2 is 1.70 bits per heavy atom. The summed E-state index contributed by atoms with van der Waals surface area (Å²) in [7, 11) is 9.33. The number of esters is 2. The summed E-state index contributed by atoms with van der Waals surface area (Å²) in [4.78, 5) is 32.9. The highest BCUT2D eigenvalue weighted by Gasteiger charge is 2.54. The zero-order valence-corrected chi connectivity index (χ0v) is 27.4. The molecule has 3 aliphatic rings. The predicted octanol–water partition coefficient (Wildman–Crippen LogP) is 4.49. The molecule has 6 rings (SSSR count). The number of piperidine rings is 1. The smallest absolute Gasteiger partial charge is 0.311 e. The fraction of sp³-hybridized carbons (Fsp3) is 0.543. The van der Waals surface area contributed by atoms with Gasteiger partial charge in [0.05, 0.1) is 47.5 Å². The Hall–Kier alpha value is -3.96. The zero-order valence-electron chi connectivity index (χ0n) is 27.4. The van der Waals surface area contributed by atoms with Gasteiger partial charge in [0.25, 0.3) is 0 Å². The average Bonchev–Trinajstić information content (AvgIpc) is 3.46. The van der Waals surface area contributed by atoms with Gasteiger partial charge in [-0.1, -0.05) is 0 Å². The lowest BCUT2D eigenvalue weighted by Gasteiger charge is -2.52. The Bertz CT molecular complexity index is 1560. The molecule has 0 bridgehead atoms. The summed E-state index contributed by atoms with van der Waals surface area (Å²) in [5.41, 5.74) is 4.47. The fourth-order valence-electron chi connectivity index (χ4n) is 8.11. The second-order valence-corrected chi connectivity index (χ2v) is 12.4. The molecule has 3 aromatic rings. The third-order valence-corrected chi connectivity index (χ3v) is 10.2. The van der Waals surface area contributed by atoms with Crippen LogP contribution in [0.25, 0.3) is 10.9 Å². The number of nitrogens with zero attached hydrogens (tertiary/aromatic N) is 1. The van der Waals surface area contributed by atoms with Gasteiger partial charge in [0.1, 0.15) is 18.0 Å². The first-order valence-corrected chi connectivity index (χ1v) is 15.8. The molecule has 0 amide bonds. The van der Waals surface area contributed by atoms with Crippen LogP contribution in [0.4, 0.5) is 0 Å². The quantitative estimate of drug-likeness (QED) is 0.319. The Kier molecular flexibility index (Phi) is 9.33. The number of aromatic nitrogens is 1. The maximum atomic E-state index is 13.4. The van der Waals surface area contributed by atoms with Crippen LogP contribution in [0.3, 0.4) is 0 Å². The van der Waals surface area contributed by atoms with Crippen LogP contribution in [0.1, 0.15) is 42.1 Å². The minimum absolute atomic E-state index is 0.0136. The average molecular weight is 637 g/mol. The topological polar surface area (TPSA) is 118 Å². The van der Waals surface area contributed by atoms with Crippen molar-refractivity contribution < 1.29 is 42.7 Å². The number of hydrogen-bond donors (Lipinski definition) is 1. The lowest BCUT2D eigenvalue weighted by Crippen LogP contribution is -2.58. The third kappa shape index (κ3) is 5.75. The van der Waals surface area contributed by atoms with E-state index in [1.165, 1.54) is 23.8 Å². The lowest BCUT2D eigenvalue weighted by molar-refractivity contribution is -0.189. The number of fused-ring (bicyclic) bond motifs is 6. The Balaban J connectivity index is 1.20. The minimum atomic E-state index is -0.611. The number of H-pyrrole nitrogens is 1. The molecule has 2 aliphatic heterocycles. The number of benzene rings is 2. The summed E-state index contributed by atoms with van der Waals surface area (Å²) >= 11 is 0. The monoisotopic (exact) mass is 636 g/mol. The van der Waals surface area contributed by atoms with E-state index in [0.717, 1.165) is 42.8 Å². The number of methoxy groups -OCH3 is 6. The van der Waals surface area contributed by atoms with Crippen LogP contribution in [-0.2, 0) is 36.6 Å². The van der Waals surface area contributed by atoms with E-state index in [1.807, 2.05) is 24.3 Å². The van der Waals surface area contributed by atoms with E-state index >= 15 is 0 Å². The number of rotatable bonds is 10. The van der Waals surface area contributed by atoms with Crippen molar-refractivity contribution in [2.45, 2.75) is 50.4 Å². The van der Waals surface area contributed by atoms with E-state index in [4.69, 9.17) is 33.2 Å². The van der Waals surface area contributed by atoms with E-state index in [9.17, 15) is 9.59 Å². The first-order chi connectivity index (χ1) is 22.3. The van der Waals surface area contributed by atoms with Crippen molar-refractivity contribution in [3.8, 4) is 23.0 Å². The largest absolute Gasteiger partial charge is 0.497 e. The van der Waals surface area contributed by atoms with E-state index < -0.39 is 18.1 Å². The number of nitrogens with one attached hydrogen (secondary N) is 1. The first kappa shape index (κ1) is 32.0. The highest BCUT2D eigenvalue weighted by atomic mass is 16.6. The van der Waals surface area contributed by atoms with Gasteiger partial charge in [-0.25, -0.2) is 0 Å². The maximum Gasteiger partial charge on any atom is 0.311 e. The van der Waals surface area contributed by atoms with Crippen LogP contribution >= 0.6 is 0 Å². The van der Waals surface area contributed by atoms with Gasteiger partial charge in [-0.15, -0.1) is 0 Å². The Labute approximate surface area is 269 Å². The minimum Gasteiger partial charge on any atom is -0.497 e. The fourth-order valence-corrected chi connectivity index (χ4v) is 8.11. The summed E-state index contributed by atoms with van der Waals surface area (Å²) in [5.74, 6) is 1.28. The highest BCUT2D eigenvalue weighted by Crippen LogP contribution is 2.50. The third-order valence-electron chi connectivity index (χ3n) is 10.2. The number of hydrogen-bond acceptors (Lipinski definition) is 10. The van der Waals surface area contributed by atoms with Crippen LogP contribution < -0.4 is 18.9 Å². The molecule has 1 N–H and O–H groups in total. The molecule has 0 unspecified atom stereocenters. The van der Waals surface area contributed by atoms with Crippen molar-refractivity contribution >= 4 is 22.8 Å². The van der Waals surface area contributed by atoms with Gasteiger partial charge in [-0.2, -0.15) is 0 Å². The Morgan fingerprint density at radius 1 is 0.935 bits per heavy atom. The van der Waals surface area contributed by atoms with E-state index in [0.29, 0.717) is 30.1 Å². The van der Waals surface area contributed by atoms with E-state index in [-0.39, 0.29) is 36.2 Å². The van der Waals surface area contributed by atoms with Gasteiger partial charge in [0.2, 0.25) is 5.75 Å². The van der Waals surface area contributed by atoms with Crippen LogP contribution in [0.2, 0.25) is 0 Å². The molecule has 1 saturated heterocycles. The SMILES string of the molecule is COC(=O)[C@H]1[C@H]2C[C@@H]3c4[nH]c5cc(OC)ccc5c4CCN3C[C@H]2C[C@@H](OC(=O)CCc2cc(OC)c(OC)c(OC)c2)[C@@H]1OC. The Morgan fingerprint density at radius 3 is 2.35 bits per heavy atom. The molecule has 11 heteroatoms. The molecule has 248 valence electrons.